The van der Waals surface area contributed by atoms with Crippen molar-refractivity contribution in [2.75, 3.05) is 11.9 Å². The SMILES string of the molecule is CC(=O)Nc1ccc(S(=O)(=O)N[C@@H](C)C(=O)N2CCCCCC2c2ccncc2)cc1. The van der Waals surface area contributed by atoms with E-state index in [0.717, 1.165) is 31.2 Å². The van der Waals surface area contributed by atoms with Gasteiger partial charge in [0.1, 0.15) is 0 Å². The maximum Gasteiger partial charge on any atom is 0.241 e. The van der Waals surface area contributed by atoms with Crippen molar-refractivity contribution in [2.45, 2.75) is 56.5 Å². The third-order valence-corrected chi connectivity index (χ3v) is 6.87. The first-order chi connectivity index (χ1) is 14.8. The Labute approximate surface area is 183 Å². The van der Waals surface area contributed by atoms with Gasteiger partial charge < -0.3 is 10.2 Å². The Morgan fingerprint density at radius 3 is 2.39 bits per heavy atom. The van der Waals surface area contributed by atoms with Gasteiger partial charge in [0.15, 0.2) is 0 Å². The van der Waals surface area contributed by atoms with Crippen LogP contribution in [-0.4, -0.2) is 42.7 Å². The number of aromatic nitrogens is 1. The maximum atomic E-state index is 13.3. The molecule has 0 bridgehead atoms. The number of nitrogens with zero attached hydrogens (tertiary/aromatic N) is 2. The van der Waals surface area contributed by atoms with E-state index in [1.54, 1.807) is 24.2 Å². The summed E-state index contributed by atoms with van der Waals surface area (Å²) in [5.74, 6) is -0.490. The predicted octanol–water partition coefficient (Wildman–Crippen LogP) is 2.85. The van der Waals surface area contributed by atoms with Crippen molar-refractivity contribution in [3.05, 3.63) is 54.4 Å². The Kier molecular flexibility index (Phi) is 7.40. The summed E-state index contributed by atoms with van der Waals surface area (Å²) in [6.45, 7) is 3.53. The van der Waals surface area contributed by atoms with Gasteiger partial charge in [-0.15, -0.1) is 0 Å². The molecular weight excluding hydrogens is 416 g/mol. The molecule has 1 saturated heterocycles. The summed E-state index contributed by atoms with van der Waals surface area (Å²) in [5, 5.41) is 2.59. The number of anilines is 1. The summed E-state index contributed by atoms with van der Waals surface area (Å²) in [6, 6.07) is 8.62. The number of likely N-dealkylation sites (tertiary alicyclic amines) is 1. The number of sulfonamides is 1. The molecule has 2 amide bonds. The lowest BCUT2D eigenvalue weighted by Gasteiger charge is -2.32. The van der Waals surface area contributed by atoms with Crippen molar-refractivity contribution < 1.29 is 18.0 Å². The fraction of sp³-hybridized carbons (Fsp3) is 0.409. The number of pyridine rings is 1. The zero-order valence-corrected chi connectivity index (χ0v) is 18.6. The van der Waals surface area contributed by atoms with Crippen LogP contribution in [-0.2, 0) is 19.6 Å². The molecule has 9 heteroatoms. The van der Waals surface area contributed by atoms with Gasteiger partial charge in [-0.25, -0.2) is 8.42 Å². The maximum absolute atomic E-state index is 13.3. The Bertz CT molecular complexity index is 1010. The highest BCUT2D eigenvalue weighted by Crippen LogP contribution is 2.30. The van der Waals surface area contributed by atoms with E-state index in [1.165, 1.54) is 31.2 Å². The summed E-state index contributed by atoms with van der Waals surface area (Å²) >= 11 is 0. The van der Waals surface area contributed by atoms with E-state index in [-0.39, 0.29) is 22.8 Å². The van der Waals surface area contributed by atoms with Crippen molar-refractivity contribution in [1.82, 2.24) is 14.6 Å². The van der Waals surface area contributed by atoms with Crippen LogP contribution in [0.4, 0.5) is 5.69 Å². The first kappa shape index (κ1) is 22.9. The molecule has 1 fully saturated rings. The molecule has 2 aromatic rings. The highest BCUT2D eigenvalue weighted by Gasteiger charge is 2.31. The lowest BCUT2D eigenvalue weighted by atomic mass is 10.0. The molecule has 1 aliphatic rings. The number of carbonyl (C=O) groups is 2. The van der Waals surface area contributed by atoms with Crippen LogP contribution in [0.25, 0.3) is 0 Å². The average Bonchev–Trinajstić information content (AvgIpc) is 2.99. The molecule has 0 radical (unpaired) electrons. The van der Waals surface area contributed by atoms with Gasteiger partial charge in [0.25, 0.3) is 0 Å². The summed E-state index contributed by atoms with van der Waals surface area (Å²) in [7, 11) is -3.90. The minimum atomic E-state index is -3.90. The highest BCUT2D eigenvalue weighted by molar-refractivity contribution is 7.89. The Morgan fingerprint density at radius 1 is 1.06 bits per heavy atom. The molecule has 2 N–H and O–H groups in total. The minimum Gasteiger partial charge on any atom is -0.334 e. The lowest BCUT2D eigenvalue weighted by Crippen LogP contribution is -2.48. The molecule has 1 unspecified atom stereocenters. The van der Waals surface area contributed by atoms with E-state index < -0.39 is 16.1 Å². The second-order valence-corrected chi connectivity index (χ2v) is 9.44. The molecule has 0 aliphatic carbocycles. The summed E-state index contributed by atoms with van der Waals surface area (Å²) in [4.78, 5) is 30.3. The van der Waals surface area contributed by atoms with Gasteiger partial charge >= 0.3 is 0 Å². The normalized spacial score (nSPS) is 18.1. The zero-order valence-electron chi connectivity index (χ0n) is 17.7. The lowest BCUT2D eigenvalue weighted by molar-refractivity contribution is -0.135. The first-order valence-electron chi connectivity index (χ1n) is 10.4. The summed E-state index contributed by atoms with van der Waals surface area (Å²) < 4.78 is 28.1. The molecule has 0 spiro atoms. The second kappa shape index (κ2) is 10.0. The molecule has 166 valence electrons. The molecule has 3 rings (SSSR count). The summed E-state index contributed by atoms with van der Waals surface area (Å²) in [5.41, 5.74) is 1.51. The average molecular weight is 445 g/mol. The standard InChI is InChI=1S/C22H28N4O4S/c1-16(25-31(29,30)20-9-7-19(8-10-20)24-17(2)27)22(28)26-15-5-3-4-6-21(26)18-11-13-23-14-12-18/h7-14,16,21,25H,3-6,15H2,1-2H3,(H,24,27)/t16-,21?/m0/s1. The Morgan fingerprint density at radius 2 is 1.74 bits per heavy atom. The van der Waals surface area contributed by atoms with Crippen molar-refractivity contribution in [3.8, 4) is 0 Å². The van der Waals surface area contributed by atoms with Crippen LogP contribution < -0.4 is 10.0 Å². The fourth-order valence-electron chi connectivity index (χ4n) is 3.82. The molecular formula is C22H28N4O4S. The van der Waals surface area contributed by atoms with Crippen LogP contribution in [0.5, 0.6) is 0 Å². The monoisotopic (exact) mass is 444 g/mol. The van der Waals surface area contributed by atoms with Crippen molar-refractivity contribution >= 4 is 27.5 Å². The smallest absolute Gasteiger partial charge is 0.241 e. The van der Waals surface area contributed by atoms with Crippen molar-refractivity contribution in [1.29, 1.82) is 0 Å². The van der Waals surface area contributed by atoms with Gasteiger partial charge in [-0.1, -0.05) is 12.8 Å². The van der Waals surface area contributed by atoms with Crippen LogP contribution in [0.15, 0.2) is 53.7 Å². The van der Waals surface area contributed by atoms with Gasteiger partial charge in [-0.05, 0) is 61.7 Å². The van der Waals surface area contributed by atoms with Gasteiger partial charge in [0.05, 0.1) is 17.0 Å². The number of carbonyl (C=O) groups excluding carboxylic acids is 2. The number of amides is 2. The second-order valence-electron chi connectivity index (χ2n) is 7.73. The van der Waals surface area contributed by atoms with E-state index in [0.29, 0.717) is 12.2 Å². The number of benzene rings is 1. The molecule has 2 heterocycles. The quantitative estimate of drug-likeness (QED) is 0.712. The van der Waals surface area contributed by atoms with Crippen LogP contribution in [0, 0.1) is 0 Å². The molecule has 0 saturated carbocycles. The Balaban J connectivity index is 1.75. The van der Waals surface area contributed by atoms with E-state index in [4.69, 9.17) is 0 Å². The van der Waals surface area contributed by atoms with E-state index in [1.807, 2.05) is 12.1 Å². The van der Waals surface area contributed by atoms with Crippen molar-refractivity contribution in [3.63, 3.8) is 0 Å². The van der Waals surface area contributed by atoms with Crippen LogP contribution in [0.1, 0.15) is 51.1 Å². The molecule has 8 nitrogen and oxygen atoms in total. The summed E-state index contributed by atoms with van der Waals surface area (Å²) in [6.07, 6.45) is 7.18. The molecule has 31 heavy (non-hydrogen) atoms. The van der Waals surface area contributed by atoms with Gasteiger partial charge in [0.2, 0.25) is 21.8 Å². The minimum absolute atomic E-state index is 0.0304. The first-order valence-corrected chi connectivity index (χ1v) is 11.9. The largest absolute Gasteiger partial charge is 0.334 e. The van der Waals surface area contributed by atoms with Crippen LogP contribution >= 0.6 is 0 Å². The third-order valence-electron chi connectivity index (χ3n) is 5.31. The molecule has 1 aromatic heterocycles. The van der Waals surface area contributed by atoms with Gasteiger partial charge in [-0.2, -0.15) is 4.72 Å². The molecule has 1 aromatic carbocycles. The van der Waals surface area contributed by atoms with E-state index in [9.17, 15) is 18.0 Å². The zero-order chi connectivity index (χ0) is 22.4. The third kappa shape index (κ3) is 5.89. The highest BCUT2D eigenvalue weighted by atomic mass is 32.2. The van der Waals surface area contributed by atoms with Crippen LogP contribution in [0.2, 0.25) is 0 Å². The number of rotatable bonds is 6. The van der Waals surface area contributed by atoms with E-state index in [2.05, 4.69) is 15.0 Å². The predicted molar refractivity (Wildman–Crippen MR) is 118 cm³/mol. The molecule has 1 aliphatic heterocycles. The van der Waals surface area contributed by atoms with Gasteiger partial charge in [-0.3, -0.25) is 14.6 Å². The van der Waals surface area contributed by atoms with Gasteiger partial charge in [0, 0.05) is 31.5 Å². The molecule has 2 atom stereocenters. The number of nitrogens with one attached hydrogen (secondary N) is 2. The topological polar surface area (TPSA) is 108 Å². The van der Waals surface area contributed by atoms with Crippen LogP contribution in [0.3, 0.4) is 0 Å². The Hall–Kier alpha value is -2.78. The number of hydrogen-bond acceptors (Lipinski definition) is 5. The fourth-order valence-corrected chi connectivity index (χ4v) is 5.02. The van der Waals surface area contributed by atoms with E-state index >= 15 is 0 Å². The number of hydrogen-bond donors (Lipinski definition) is 2. The van der Waals surface area contributed by atoms with Crippen molar-refractivity contribution in [2.24, 2.45) is 0 Å².